The van der Waals surface area contributed by atoms with Crippen molar-refractivity contribution in [1.29, 1.82) is 0 Å². The molecule has 0 radical (unpaired) electrons. The van der Waals surface area contributed by atoms with Gasteiger partial charge in [0.25, 0.3) is 5.91 Å². The summed E-state index contributed by atoms with van der Waals surface area (Å²) in [6, 6.07) is 29.2. The average molecular weight is 497 g/mol. The maximum absolute atomic E-state index is 14.2. The van der Waals surface area contributed by atoms with E-state index in [2.05, 4.69) is 10.6 Å². The van der Waals surface area contributed by atoms with E-state index in [0.717, 1.165) is 22.3 Å². The summed E-state index contributed by atoms with van der Waals surface area (Å²) >= 11 is 0. The van der Waals surface area contributed by atoms with Gasteiger partial charge in [0.1, 0.15) is 11.9 Å². The molecular formula is C31H29FN2O3. The van der Waals surface area contributed by atoms with Gasteiger partial charge in [0.15, 0.2) is 0 Å². The Morgan fingerprint density at radius 2 is 1.43 bits per heavy atom. The van der Waals surface area contributed by atoms with Crippen LogP contribution < -0.4 is 10.6 Å². The molecule has 0 aromatic heterocycles. The molecule has 2 N–H and O–H groups in total. The number of benzene rings is 4. The van der Waals surface area contributed by atoms with Crippen LogP contribution in [-0.4, -0.2) is 12.0 Å². The van der Waals surface area contributed by atoms with Crippen molar-refractivity contribution in [2.75, 3.05) is 0 Å². The van der Waals surface area contributed by atoms with Crippen LogP contribution in [0.4, 0.5) is 9.18 Å². The Hall–Kier alpha value is -4.45. The highest BCUT2D eigenvalue weighted by molar-refractivity contribution is 6.01. The number of hydrogen-bond acceptors (Lipinski definition) is 3. The Morgan fingerprint density at radius 3 is 2.19 bits per heavy atom. The smallest absolute Gasteiger partial charge is 0.408 e. The van der Waals surface area contributed by atoms with Crippen LogP contribution in [0.15, 0.2) is 97.1 Å². The number of alkyl carbamates (subject to hydrolysis) is 1. The number of aryl methyl sites for hydroxylation is 1. The van der Waals surface area contributed by atoms with Gasteiger partial charge in [-0.25, -0.2) is 9.18 Å². The van der Waals surface area contributed by atoms with Crippen molar-refractivity contribution in [3.05, 3.63) is 131 Å². The molecule has 0 unspecified atom stereocenters. The van der Waals surface area contributed by atoms with Crippen molar-refractivity contribution in [3.8, 4) is 11.1 Å². The van der Waals surface area contributed by atoms with Gasteiger partial charge >= 0.3 is 6.09 Å². The van der Waals surface area contributed by atoms with Crippen LogP contribution in [0.5, 0.6) is 0 Å². The number of carbonyl (C=O) groups is 2. The van der Waals surface area contributed by atoms with E-state index in [1.807, 2.05) is 86.6 Å². The SMILES string of the molecule is Cc1ccc(CNC(=O)c2ccccc2-c2ccccc2CNC(=O)O[C@H](C)c2ccccc2)c(F)c1. The van der Waals surface area contributed by atoms with Gasteiger partial charge in [-0.15, -0.1) is 0 Å². The summed E-state index contributed by atoms with van der Waals surface area (Å²) in [4.78, 5) is 25.6. The fourth-order valence-electron chi connectivity index (χ4n) is 4.08. The molecule has 0 aliphatic carbocycles. The number of nitrogens with one attached hydrogen (secondary N) is 2. The second-order valence-corrected chi connectivity index (χ2v) is 8.79. The van der Waals surface area contributed by atoms with Crippen LogP contribution in [0.25, 0.3) is 11.1 Å². The van der Waals surface area contributed by atoms with Crippen LogP contribution in [0.3, 0.4) is 0 Å². The Morgan fingerprint density at radius 1 is 0.784 bits per heavy atom. The van der Waals surface area contributed by atoms with E-state index in [9.17, 15) is 14.0 Å². The van der Waals surface area contributed by atoms with Crippen LogP contribution >= 0.6 is 0 Å². The molecule has 4 rings (SSSR count). The molecule has 0 aliphatic rings. The van der Waals surface area contributed by atoms with Gasteiger partial charge in [-0.3, -0.25) is 4.79 Å². The molecule has 0 fully saturated rings. The first-order chi connectivity index (χ1) is 17.9. The first-order valence-corrected chi connectivity index (χ1v) is 12.1. The molecule has 0 saturated heterocycles. The summed E-state index contributed by atoms with van der Waals surface area (Å²) in [5, 5.41) is 5.64. The summed E-state index contributed by atoms with van der Waals surface area (Å²) in [7, 11) is 0. The minimum absolute atomic E-state index is 0.0773. The minimum atomic E-state index is -0.530. The molecule has 6 heteroatoms. The molecule has 0 aliphatic heterocycles. The second-order valence-electron chi connectivity index (χ2n) is 8.79. The van der Waals surface area contributed by atoms with E-state index < -0.39 is 6.09 Å². The van der Waals surface area contributed by atoms with Crippen LogP contribution in [-0.2, 0) is 17.8 Å². The minimum Gasteiger partial charge on any atom is -0.442 e. The quantitative estimate of drug-likeness (QED) is 0.285. The van der Waals surface area contributed by atoms with Gasteiger partial charge in [0.05, 0.1) is 0 Å². The summed E-state index contributed by atoms with van der Waals surface area (Å²) < 4.78 is 19.7. The van der Waals surface area contributed by atoms with Crippen molar-refractivity contribution in [3.63, 3.8) is 0 Å². The number of amides is 2. The fraction of sp³-hybridized carbons (Fsp3) is 0.161. The highest BCUT2D eigenvalue weighted by atomic mass is 19.1. The van der Waals surface area contributed by atoms with Gasteiger partial charge in [-0.2, -0.15) is 0 Å². The van der Waals surface area contributed by atoms with E-state index >= 15 is 0 Å². The van der Waals surface area contributed by atoms with Crippen molar-refractivity contribution >= 4 is 12.0 Å². The molecule has 4 aromatic rings. The molecule has 0 bridgehead atoms. The lowest BCUT2D eigenvalue weighted by molar-refractivity contribution is 0.0950. The van der Waals surface area contributed by atoms with Gasteiger partial charge in [0, 0.05) is 24.2 Å². The largest absolute Gasteiger partial charge is 0.442 e. The number of halogens is 1. The molecule has 5 nitrogen and oxygen atoms in total. The van der Waals surface area contributed by atoms with E-state index in [1.54, 1.807) is 18.2 Å². The standard InChI is InChI=1S/C31H29FN2O3/c1-21-16-17-25(29(32)18-21)20-33-30(35)28-15-9-8-14-27(28)26-13-7-6-12-24(26)19-34-31(36)37-22(2)23-10-4-3-5-11-23/h3-18,22H,19-20H2,1-2H3,(H,33,35)(H,34,36)/t22-/m1/s1. The lowest BCUT2D eigenvalue weighted by atomic mass is 9.95. The number of hydrogen-bond donors (Lipinski definition) is 2. The zero-order valence-corrected chi connectivity index (χ0v) is 20.8. The molecule has 0 spiro atoms. The van der Waals surface area contributed by atoms with Crippen molar-refractivity contribution < 1.29 is 18.7 Å². The lowest BCUT2D eigenvalue weighted by Crippen LogP contribution is -2.25. The molecule has 188 valence electrons. The first-order valence-electron chi connectivity index (χ1n) is 12.1. The van der Waals surface area contributed by atoms with Crippen molar-refractivity contribution in [2.24, 2.45) is 0 Å². The van der Waals surface area contributed by atoms with Crippen LogP contribution in [0.1, 0.15) is 45.6 Å². The van der Waals surface area contributed by atoms with Crippen LogP contribution in [0.2, 0.25) is 0 Å². The molecule has 1 atom stereocenters. The third-order valence-corrected chi connectivity index (χ3v) is 6.10. The fourth-order valence-corrected chi connectivity index (χ4v) is 4.08. The summed E-state index contributed by atoms with van der Waals surface area (Å²) in [6.45, 7) is 3.94. The second kappa shape index (κ2) is 12.0. The molecule has 4 aromatic carbocycles. The van der Waals surface area contributed by atoms with Gasteiger partial charge in [-0.1, -0.05) is 84.9 Å². The predicted molar refractivity (Wildman–Crippen MR) is 142 cm³/mol. The molecule has 0 heterocycles. The normalized spacial score (nSPS) is 11.4. The Balaban J connectivity index is 1.47. The Bertz CT molecular complexity index is 1390. The summed E-state index contributed by atoms with van der Waals surface area (Å²) in [5.41, 5.74) is 4.97. The van der Waals surface area contributed by atoms with E-state index in [-0.39, 0.29) is 30.9 Å². The van der Waals surface area contributed by atoms with Gasteiger partial charge in [0.2, 0.25) is 0 Å². The number of carbonyl (C=O) groups excluding carboxylic acids is 2. The van der Waals surface area contributed by atoms with E-state index in [1.165, 1.54) is 6.07 Å². The van der Waals surface area contributed by atoms with Crippen LogP contribution in [0, 0.1) is 12.7 Å². The van der Waals surface area contributed by atoms with Gasteiger partial charge < -0.3 is 15.4 Å². The zero-order valence-electron chi connectivity index (χ0n) is 20.8. The Kier molecular flexibility index (Phi) is 8.31. The van der Waals surface area contributed by atoms with E-state index in [4.69, 9.17) is 4.74 Å². The summed E-state index contributed by atoms with van der Waals surface area (Å²) in [5.74, 6) is -0.659. The Labute approximate surface area is 216 Å². The van der Waals surface area contributed by atoms with Crippen molar-refractivity contribution in [1.82, 2.24) is 10.6 Å². The predicted octanol–water partition coefficient (Wildman–Crippen LogP) is 6.72. The first kappa shape index (κ1) is 25.6. The highest BCUT2D eigenvalue weighted by Crippen LogP contribution is 2.27. The van der Waals surface area contributed by atoms with Gasteiger partial charge in [-0.05, 0) is 53.8 Å². The molecular weight excluding hydrogens is 467 g/mol. The third kappa shape index (κ3) is 6.61. The van der Waals surface area contributed by atoms with E-state index in [0.29, 0.717) is 16.7 Å². The highest BCUT2D eigenvalue weighted by Gasteiger charge is 2.17. The van der Waals surface area contributed by atoms with Crippen molar-refractivity contribution in [2.45, 2.75) is 33.0 Å². The third-order valence-electron chi connectivity index (χ3n) is 6.10. The zero-order chi connectivity index (χ0) is 26.2. The molecule has 37 heavy (non-hydrogen) atoms. The maximum atomic E-state index is 14.2. The monoisotopic (exact) mass is 496 g/mol. The summed E-state index contributed by atoms with van der Waals surface area (Å²) in [6.07, 6.45) is -0.920. The number of ether oxygens (including phenoxy) is 1. The topological polar surface area (TPSA) is 67.4 Å². The maximum Gasteiger partial charge on any atom is 0.408 e. The molecule has 0 saturated carbocycles. The lowest BCUT2D eigenvalue weighted by Gasteiger charge is -2.16. The number of rotatable bonds is 8. The average Bonchev–Trinajstić information content (AvgIpc) is 2.92. The molecule has 2 amide bonds.